The molecule has 0 saturated heterocycles. The summed E-state index contributed by atoms with van der Waals surface area (Å²) in [6.07, 6.45) is 1.87. The van der Waals surface area contributed by atoms with Crippen molar-refractivity contribution in [2.75, 3.05) is 6.61 Å². The summed E-state index contributed by atoms with van der Waals surface area (Å²) in [5, 5.41) is 14.9. The first kappa shape index (κ1) is 20.5. The second kappa shape index (κ2) is 8.39. The van der Waals surface area contributed by atoms with Crippen LogP contribution in [0.2, 0.25) is 0 Å². The molecule has 3 aromatic rings. The van der Waals surface area contributed by atoms with Crippen molar-refractivity contribution in [1.29, 1.82) is 0 Å². The summed E-state index contributed by atoms with van der Waals surface area (Å²) in [4.78, 5) is 26.8. The zero-order valence-corrected chi connectivity index (χ0v) is 16.8. The third-order valence-corrected chi connectivity index (χ3v) is 4.81. The molecule has 0 aliphatic rings. The number of H-pyrrole nitrogens is 1. The largest absolute Gasteiger partial charge is 0.548 e. The van der Waals surface area contributed by atoms with Gasteiger partial charge in [-0.3, -0.25) is 4.79 Å². The lowest BCUT2D eigenvalue weighted by atomic mass is 9.87. The van der Waals surface area contributed by atoms with Crippen LogP contribution in [-0.4, -0.2) is 29.5 Å². The Morgan fingerprint density at radius 1 is 1.10 bits per heavy atom. The van der Waals surface area contributed by atoms with Crippen molar-refractivity contribution in [3.05, 3.63) is 65.9 Å². The number of para-hydroxylation sites is 1. The Kier molecular flexibility index (Phi) is 5.92. The molecule has 1 aromatic heterocycles. The van der Waals surface area contributed by atoms with Crippen molar-refractivity contribution in [2.45, 2.75) is 38.6 Å². The molecule has 2 N–H and O–H groups in total. The molecule has 6 nitrogen and oxygen atoms in total. The highest BCUT2D eigenvalue weighted by atomic mass is 16.5. The van der Waals surface area contributed by atoms with Gasteiger partial charge in [-0.2, -0.15) is 0 Å². The van der Waals surface area contributed by atoms with Gasteiger partial charge in [0.1, 0.15) is 5.75 Å². The molecule has 0 radical (unpaired) electrons. The molecule has 1 amide bonds. The molecule has 1 heterocycles. The molecule has 29 heavy (non-hydrogen) atoms. The number of benzene rings is 2. The van der Waals surface area contributed by atoms with E-state index in [4.69, 9.17) is 4.74 Å². The highest BCUT2D eigenvalue weighted by Gasteiger charge is 2.17. The average molecular weight is 393 g/mol. The van der Waals surface area contributed by atoms with Gasteiger partial charge in [0.15, 0.2) is 6.61 Å². The topological polar surface area (TPSA) is 94.2 Å². The summed E-state index contributed by atoms with van der Waals surface area (Å²) >= 11 is 0. The molecular weight excluding hydrogens is 368 g/mol. The lowest BCUT2D eigenvalue weighted by molar-refractivity contribution is -0.308. The SMILES string of the molecule is CC(C)(C)c1ccc(OCC(=O)N[C@H](Cc2c[nH]c3ccccc23)C(=O)[O-])cc1. The van der Waals surface area contributed by atoms with E-state index in [-0.39, 0.29) is 18.4 Å². The van der Waals surface area contributed by atoms with E-state index in [0.717, 1.165) is 22.0 Å². The molecule has 1 atom stereocenters. The number of amides is 1. The highest BCUT2D eigenvalue weighted by molar-refractivity contribution is 5.86. The standard InChI is InChI=1S/C23H26N2O4/c1-23(2,3)16-8-10-17(11-9-16)29-14-21(26)25-20(22(27)28)12-15-13-24-19-7-5-4-6-18(15)19/h4-11,13,20,24H,12,14H2,1-3H3,(H,25,26)(H,27,28)/p-1/t20-/m1/s1. The number of nitrogens with one attached hydrogen (secondary N) is 2. The highest BCUT2D eigenvalue weighted by Crippen LogP contribution is 2.24. The van der Waals surface area contributed by atoms with Crippen LogP contribution in [0.3, 0.4) is 0 Å². The molecule has 2 aromatic carbocycles. The zero-order chi connectivity index (χ0) is 21.0. The number of carboxylic acid groups (broad SMARTS) is 1. The van der Waals surface area contributed by atoms with E-state index in [2.05, 4.69) is 31.1 Å². The molecule has 0 spiro atoms. The molecule has 0 aliphatic carbocycles. The van der Waals surface area contributed by atoms with E-state index in [1.807, 2.05) is 36.4 Å². The Hall–Kier alpha value is -3.28. The van der Waals surface area contributed by atoms with E-state index >= 15 is 0 Å². The molecule has 0 bridgehead atoms. The van der Waals surface area contributed by atoms with Crippen LogP contribution in [0, 0.1) is 0 Å². The second-order valence-corrected chi connectivity index (χ2v) is 8.07. The Balaban J connectivity index is 1.59. The first-order valence-electron chi connectivity index (χ1n) is 9.52. The summed E-state index contributed by atoms with van der Waals surface area (Å²) in [5.41, 5.74) is 2.90. The summed E-state index contributed by atoms with van der Waals surface area (Å²) < 4.78 is 5.49. The van der Waals surface area contributed by atoms with Gasteiger partial charge in [0.2, 0.25) is 0 Å². The van der Waals surface area contributed by atoms with Gasteiger partial charge in [0, 0.05) is 23.5 Å². The van der Waals surface area contributed by atoms with Crippen LogP contribution in [-0.2, 0) is 21.4 Å². The van der Waals surface area contributed by atoms with Crippen LogP contribution in [0.25, 0.3) is 10.9 Å². The number of aromatic nitrogens is 1. The number of fused-ring (bicyclic) bond motifs is 1. The van der Waals surface area contributed by atoms with Crippen LogP contribution in [0.15, 0.2) is 54.7 Å². The maximum atomic E-state index is 12.2. The minimum atomic E-state index is -1.34. The first-order valence-corrected chi connectivity index (χ1v) is 9.52. The number of carboxylic acids is 1. The van der Waals surface area contributed by atoms with Crippen LogP contribution in [0.4, 0.5) is 0 Å². The zero-order valence-electron chi connectivity index (χ0n) is 16.8. The summed E-state index contributed by atoms with van der Waals surface area (Å²) in [6.45, 7) is 6.07. The van der Waals surface area contributed by atoms with Crippen molar-refractivity contribution in [2.24, 2.45) is 0 Å². The first-order chi connectivity index (χ1) is 13.7. The molecule has 3 rings (SSSR count). The van der Waals surface area contributed by atoms with Gasteiger partial charge in [-0.15, -0.1) is 0 Å². The van der Waals surface area contributed by atoms with Crippen LogP contribution >= 0.6 is 0 Å². The average Bonchev–Trinajstić information content (AvgIpc) is 3.08. The van der Waals surface area contributed by atoms with E-state index in [1.54, 1.807) is 18.3 Å². The van der Waals surface area contributed by atoms with E-state index in [0.29, 0.717) is 5.75 Å². The van der Waals surface area contributed by atoms with Gasteiger partial charge in [0.05, 0.1) is 12.0 Å². The number of carbonyl (C=O) groups excluding carboxylic acids is 2. The molecule has 152 valence electrons. The van der Waals surface area contributed by atoms with Crippen LogP contribution < -0.4 is 15.2 Å². The predicted octanol–water partition coefficient (Wildman–Crippen LogP) is 2.32. The van der Waals surface area contributed by atoms with Crippen LogP contribution in [0.5, 0.6) is 5.75 Å². The number of aromatic amines is 1. The van der Waals surface area contributed by atoms with E-state index in [9.17, 15) is 14.7 Å². The van der Waals surface area contributed by atoms with Gasteiger partial charge in [-0.05, 0) is 34.7 Å². The fourth-order valence-corrected chi connectivity index (χ4v) is 3.15. The summed E-state index contributed by atoms with van der Waals surface area (Å²) in [5.74, 6) is -1.30. The van der Waals surface area contributed by atoms with Crippen LogP contribution in [0.1, 0.15) is 31.9 Å². The molecule has 0 fully saturated rings. The number of hydrogen-bond donors (Lipinski definition) is 2. The Morgan fingerprint density at radius 3 is 2.45 bits per heavy atom. The predicted molar refractivity (Wildman–Crippen MR) is 110 cm³/mol. The number of aliphatic carboxylic acids is 1. The minimum absolute atomic E-state index is 0.0278. The smallest absolute Gasteiger partial charge is 0.258 e. The third kappa shape index (κ3) is 5.16. The maximum absolute atomic E-state index is 12.2. The summed E-state index contributed by atoms with van der Waals surface area (Å²) in [6, 6.07) is 13.9. The Labute approximate surface area is 169 Å². The molecule has 0 aliphatic heterocycles. The van der Waals surface area contributed by atoms with Gasteiger partial charge in [0.25, 0.3) is 5.91 Å². The molecular formula is C23H25N2O4-. The molecule has 0 saturated carbocycles. The number of rotatable bonds is 7. The van der Waals surface area contributed by atoms with Crippen molar-refractivity contribution >= 4 is 22.8 Å². The maximum Gasteiger partial charge on any atom is 0.258 e. The molecule has 6 heteroatoms. The number of hydrogen-bond acceptors (Lipinski definition) is 4. The van der Waals surface area contributed by atoms with Gasteiger partial charge in [-0.25, -0.2) is 0 Å². The fourth-order valence-electron chi connectivity index (χ4n) is 3.15. The van der Waals surface area contributed by atoms with E-state index < -0.39 is 17.9 Å². The number of carbonyl (C=O) groups is 2. The lowest BCUT2D eigenvalue weighted by Crippen LogP contribution is -2.50. The Morgan fingerprint density at radius 2 is 1.79 bits per heavy atom. The molecule has 0 unspecified atom stereocenters. The third-order valence-electron chi connectivity index (χ3n) is 4.81. The van der Waals surface area contributed by atoms with Crippen molar-refractivity contribution in [3.8, 4) is 5.75 Å². The van der Waals surface area contributed by atoms with Crippen molar-refractivity contribution in [3.63, 3.8) is 0 Å². The van der Waals surface area contributed by atoms with Gasteiger partial charge in [-0.1, -0.05) is 51.1 Å². The van der Waals surface area contributed by atoms with E-state index in [1.165, 1.54) is 0 Å². The number of ether oxygens (including phenoxy) is 1. The second-order valence-electron chi connectivity index (χ2n) is 8.07. The quantitative estimate of drug-likeness (QED) is 0.644. The lowest BCUT2D eigenvalue weighted by Gasteiger charge is -2.20. The normalized spacial score (nSPS) is 12.5. The Bertz CT molecular complexity index is 1000. The van der Waals surface area contributed by atoms with Gasteiger partial charge < -0.3 is 24.9 Å². The van der Waals surface area contributed by atoms with Crippen molar-refractivity contribution in [1.82, 2.24) is 10.3 Å². The van der Waals surface area contributed by atoms with Crippen molar-refractivity contribution < 1.29 is 19.4 Å². The monoisotopic (exact) mass is 393 g/mol. The minimum Gasteiger partial charge on any atom is -0.548 e. The summed E-state index contributed by atoms with van der Waals surface area (Å²) in [7, 11) is 0. The van der Waals surface area contributed by atoms with Gasteiger partial charge >= 0.3 is 0 Å². The fraction of sp³-hybridized carbons (Fsp3) is 0.304.